The molecule has 0 amide bonds. The van der Waals surface area contributed by atoms with Gasteiger partial charge in [0, 0.05) is 12.7 Å². The van der Waals surface area contributed by atoms with E-state index in [9.17, 15) is 0 Å². The minimum atomic E-state index is 0.550. The molecule has 1 heterocycles. The van der Waals surface area contributed by atoms with Crippen LogP contribution in [0.1, 0.15) is 0 Å². The van der Waals surface area contributed by atoms with E-state index in [1.165, 1.54) is 11.3 Å². The van der Waals surface area contributed by atoms with Crippen molar-refractivity contribution in [2.45, 2.75) is 0 Å². The van der Waals surface area contributed by atoms with E-state index in [1.54, 1.807) is 12.6 Å². The number of hydrogen-bond acceptors (Lipinski definition) is 5. The van der Waals surface area contributed by atoms with Gasteiger partial charge in [0.2, 0.25) is 0 Å². The molecule has 0 saturated heterocycles. The second-order valence-corrected chi connectivity index (χ2v) is 4.32. The van der Waals surface area contributed by atoms with Gasteiger partial charge in [-0.3, -0.25) is 0 Å². The number of hydrogen-bond donors (Lipinski definition) is 1. The van der Waals surface area contributed by atoms with Crippen LogP contribution >= 0.6 is 11.3 Å². The summed E-state index contributed by atoms with van der Waals surface area (Å²) in [5.74, 6) is 0.819. The van der Waals surface area contributed by atoms with Gasteiger partial charge in [0.15, 0.2) is 0 Å². The van der Waals surface area contributed by atoms with Crippen LogP contribution in [0.15, 0.2) is 29.8 Å². The summed E-state index contributed by atoms with van der Waals surface area (Å²) in [5.41, 5.74) is 9.40. The van der Waals surface area contributed by atoms with Gasteiger partial charge in [-0.05, 0) is 24.3 Å². The van der Waals surface area contributed by atoms with Crippen LogP contribution in [-0.4, -0.2) is 25.3 Å². The Bertz CT molecular complexity index is 468. The molecule has 0 atom stereocenters. The van der Waals surface area contributed by atoms with E-state index in [2.05, 4.69) is 4.98 Å². The Morgan fingerprint density at radius 1 is 1.24 bits per heavy atom. The quantitative estimate of drug-likeness (QED) is 0.828. The maximum absolute atomic E-state index is 5.82. The number of ether oxygens (including phenoxy) is 2. The normalized spacial score (nSPS) is 10.4. The molecule has 0 aliphatic carbocycles. The molecule has 0 fully saturated rings. The number of thiazole rings is 1. The summed E-state index contributed by atoms with van der Waals surface area (Å²) in [6.07, 6.45) is 0. The Morgan fingerprint density at radius 3 is 2.59 bits per heavy atom. The van der Waals surface area contributed by atoms with Crippen molar-refractivity contribution in [3.05, 3.63) is 29.8 Å². The van der Waals surface area contributed by atoms with Gasteiger partial charge in [0.25, 0.3) is 0 Å². The Balaban J connectivity index is 2.06. The lowest BCUT2D eigenvalue weighted by molar-refractivity contribution is 0.146. The van der Waals surface area contributed by atoms with Crippen LogP contribution in [0.4, 0.5) is 5.00 Å². The SMILES string of the molecule is COCCOc1ccc(-c2ncsc2N)cc1. The summed E-state index contributed by atoms with van der Waals surface area (Å²) in [5, 5.41) is 0.734. The molecule has 0 spiro atoms. The highest BCUT2D eigenvalue weighted by atomic mass is 32.1. The van der Waals surface area contributed by atoms with E-state index in [4.69, 9.17) is 15.2 Å². The zero-order chi connectivity index (χ0) is 12.1. The Labute approximate surface area is 104 Å². The van der Waals surface area contributed by atoms with Crippen molar-refractivity contribution in [1.82, 2.24) is 4.98 Å². The smallest absolute Gasteiger partial charge is 0.119 e. The molecule has 2 rings (SSSR count). The third-order valence-corrected chi connectivity index (χ3v) is 2.94. The standard InChI is InChI=1S/C12H14N2O2S/c1-15-6-7-16-10-4-2-9(3-5-10)11-12(13)17-8-14-11/h2-5,8H,6-7,13H2,1H3. The van der Waals surface area contributed by atoms with E-state index in [1.807, 2.05) is 24.3 Å². The first kappa shape index (κ1) is 11.9. The van der Waals surface area contributed by atoms with Gasteiger partial charge < -0.3 is 15.2 Å². The molecular formula is C12H14N2O2S. The fourth-order valence-electron chi connectivity index (χ4n) is 1.42. The molecule has 0 saturated carbocycles. The van der Waals surface area contributed by atoms with Gasteiger partial charge in [-0.25, -0.2) is 4.98 Å². The summed E-state index contributed by atoms with van der Waals surface area (Å²) >= 11 is 1.44. The van der Waals surface area contributed by atoms with Crippen LogP contribution in [0.5, 0.6) is 5.75 Å². The molecule has 0 bridgehead atoms. The Kier molecular flexibility index (Phi) is 3.95. The predicted molar refractivity (Wildman–Crippen MR) is 69.3 cm³/mol. The van der Waals surface area contributed by atoms with Crippen LogP contribution in [0.3, 0.4) is 0 Å². The summed E-state index contributed by atoms with van der Waals surface area (Å²) in [6.45, 7) is 1.13. The molecule has 0 unspecified atom stereocenters. The molecule has 2 N–H and O–H groups in total. The van der Waals surface area contributed by atoms with Crippen molar-refractivity contribution in [3.63, 3.8) is 0 Å². The fourth-order valence-corrected chi connectivity index (χ4v) is 1.98. The average molecular weight is 250 g/mol. The summed E-state index contributed by atoms with van der Waals surface area (Å²) in [6, 6.07) is 7.72. The summed E-state index contributed by atoms with van der Waals surface area (Å²) in [7, 11) is 1.65. The Hall–Kier alpha value is -1.59. The molecule has 0 aliphatic rings. The predicted octanol–water partition coefficient (Wildman–Crippen LogP) is 2.42. The lowest BCUT2D eigenvalue weighted by Crippen LogP contribution is -2.03. The molecular weight excluding hydrogens is 236 g/mol. The van der Waals surface area contributed by atoms with E-state index >= 15 is 0 Å². The second-order valence-electron chi connectivity index (χ2n) is 3.43. The van der Waals surface area contributed by atoms with E-state index in [-0.39, 0.29) is 0 Å². The minimum Gasteiger partial charge on any atom is -0.491 e. The first-order valence-corrected chi connectivity index (χ1v) is 6.10. The zero-order valence-corrected chi connectivity index (χ0v) is 10.4. The lowest BCUT2D eigenvalue weighted by atomic mass is 10.1. The number of nitrogens with zero attached hydrogens (tertiary/aromatic N) is 1. The van der Waals surface area contributed by atoms with Crippen LogP contribution in [0, 0.1) is 0 Å². The number of nitrogens with two attached hydrogens (primary N) is 1. The van der Waals surface area contributed by atoms with Gasteiger partial charge in [-0.1, -0.05) is 0 Å². The molecule has 17 heavy (non-hydrogen) atoms. The maximum atomic E-state index is 5.82. The van der Waals surface area contributed by atoms with E-state index in [0.29, 0.717) is 13.2 Å². The molecule has 90 valence electrons. The Morgan fingerprint density at radius 2 is 2.00 bits per heavy atom. The number of rotatable bonds is 5. The van der Waals surface area contributed by atoms with Crippen molar-refractivity contribution in [1.29, 1.82) is 0 Å². The largest absolute Gasteiger partial charge is 0.491 e. The van der Waals surface area contributed by atoms with Gasteiger partial charge in [0.1, 0.15) is 23.1 Å². The number of nitrogen functional groups attached to an aromatic ring is 1. The van der Waals surface area contributed by atoms with Crippen LogP contribution in [0.25, 0.3) is 11.3 Å². The van der Waals surface area contributed by atoms with Crippen LogP contribution < -0.4 is 10.5 Å². The van der Waals surface area contributed by atoms with E-state index in [0.717, 1.165) is 22.0 Å². The lowest BCUT2D eigenvalue weighted by Gasteiger charge is -2.06. The monoisotopic (exact) mass is 250 g/mol. The highest BCUT2D eigenvalue weighted by Gasteiger charge is 2.05. The van der Waals surface area contributed by atoms with Crippen LogP contribution in [0.2, 0.25) is 0 Å². The molecule has 4 nitrogen and oxygen atoms in total. The number of aromatic nitrogens is 1. The van der Waals surface area contributed by atoms with Gasteiger partial charge in [0.05, 0.1) is 12.1 Å². The number of benzene rings is 1. The highest BCUT2D eigenvalue weighted by molar-refractivity contribution is 7.14. The van der Waals surface area contributed by atoms with Gasteiger partial charge >= 0.3 is 0 Å². The van der Waals surface area contributed by atoms with Crippen molar-refractivity contribution in [2.24, 2.45) is 0 Å². The van der Waals surface area contributed by atoms with Crippen molar-refractivity contribution < 1.29 is 9.47 Å². The molecule has 5 heteroatoms. The average Bonchev–Trinajstić information content (AvgIpc) is 2.77. The summed E-state index contributed by atoms with van der Waals surface area (Å²) in [4.78, 5) is 4.22. The topological polar surface area (TPSA) is 57.4 Å². The van der Waals surface area contributed by atoms with Gasteiger partial charge in [-0.2, -0.15) is 0 Å². The fraction of sp³-hybridized carbons (Fsp3) is 0.250. The zero-order valence-electron chi connectivity index (χ0n) is 9.55. The maximum Gasteiger partial charge on any atom is 0.119 e. The molecule has 1 aromatic carbocycles. The van der Waals surface area contributed by atoms with Gasteiger partial charge in [-0.15, -0.1) is 11.3 Å². The van der Waals surface area contributed by atoms with Crippen LogP contribution in [-0.2, 0) is 4.74 Å². The first-order chi connectivity index (χ1) is 8.31. The van der Waals surface area contributed by atoms with Crippen molar-refractivity contribution in [2.75, 3.05) is 26.1 Å². The minimum absolute atomic E-state index is 0.550. The highest BCUT2D eigenvalue weighted by Crippen LogP contribution is 2.28. The first-order valence-electron chi connectivity index (χ1n) is 5.22. The van der Waals surface area contributed by atoms with Crippen molar-refractivity contribution in [3.8, 4) is 17.0 Å². The molecule has 0 radical (unpaired) electrons. The third kappa shape index (κ3) is 2.95. The van der Waals surface area contributed by atoms with E-state index < -0.39 is 0 Å². The second kappa shape index (κ2) is 5.65. The third-order valence-electron chi connectivity index (χ3n) is 2.28. The molecule has 2 aromatic rings. The number of methoxy groups -OCH3 is 1. The molecule has 0 aliphatic heterocycles. The van der Waals surface area contributed by atoms with Crippen molar-refractivity contribution >= 4 is 16.3 Å². The number of anilines is 1. The summed E-state index contributed by atoms with van der Waals surface area (Å²) < 4.78 is 10.4. The molecule has 1 aromatic heterocycles.